The smallest absolute Gasteiger partial charge is 0.324 e. The first-order valence-corrected chi connectivity index (χ1v) is 5.80. The van der Waals surface area contributed by atoms with Gasteiger partial charge in [-0.25, -0.2) is 0 Å². The highest BCUT2D eigenvalue weighted by atomic mass is 16.5. The van der Waals surface area contributed by atoms with E-state index in [0.29, 0.717) is 6.42 Å². The Morgan fingerprint density at radius 2 is 2.00 bits per heavy atom. The van der Waals surface area contributed by atoms with Gasteiger partial charge < -0.3 is 10.1 Å². The number of carbonyl (C=O) groups excluding carboxylic acids is 1. The molecule has 0 aliphatic rings. The van der Waals surface area contributed by atoms with Gasteiger partial charge in [0.15, 0.2) is 0 Å². The third-order valence-corrected chi connectivity index (χ3v) is 2.33. The molecular weight excluding hydrogens is 216 g/mol. The summed E-state index contributed by atoms with van der Waals surface area (Å²) < 4.78 is 4.85. The fourth-order valence-corrected chi connectivity index (χ4v) is 1.65. The summed E-state index contributed by atoms with van der Waals surface area (Å²) in [6.45, 7) is 3.91. The number of ether oxygens (including phenoxy) is 1. The van der Waals surface area contributed by atoms with E-state index in [1.54, 1.807) is 0 Å². The van der Waals surface area contributed by atoms with Gasteiger partial charge in [-0.05, 0) is 12.0 Å². The highest BCUT2D eigenvalue weighted by molar-refractivity contribution is 5.76. The van der Waals surface area contributed by atoms with E-state index in [2.05, 4.69) is 5.32 Å². The number of nitrogens with one attached hydrogen (secondary N) is 1. The first kappa shape index (κ1) is 13.7. The largest absolute Gasteiger partial charge is 0.449 e. The zero-order valence-electron chi connectivity index (χ0n) is 10.3. The maximum absolute atomic E-state index is 11.7. The van der Waals surface area contributed by atoms with Crippen molar-refractivity contribution in [3.8, 4) is 0 Å². The lowest BCUT2D eigenvalue weighted by molar-refractivity contribution is -0.146. The van der Waals surface area contributed by atoms with Crippen molar-refractivity contribution < 1.29 is 9.53 Å². The summed E-state index contributed by atoms with van der Waals surface area (Å²) >= 11 is 0. The Balaban J connectivity index is 2.66. The molecule has 0 aliphatic carbocycles. The highest BCUT2D eigenvalue weighted by Gasteiger charge is 2.20. The molecule has 1 aromatic carbocycles. The fraction of sp³-hybridized carbons (Fsp3) is 0.462. The average molecular weight is 236 g/mol. The van der Waals surface area contributed by atoms with Crippen LogP contribution in [0.5, 0.6) is 0 Å². The van der Waals surface area contributed by atoms with Crippen molar-refractivity contribution in [2.45, 2.75) is 32.4 Å². The number of esters is 1. The summed E-state index contributed by atoms with van der Waals surface area (Å²) in [4.78, 5) is 11.7. The molecule has 94 valence electrons. The maximum Gasteiger partial charge on any atom is 0.324 e. The summed E-state index contributed by atoms with van der Waals surface area (Å²) in [5.41, 5.74) is 6.32. The van der Waals surface area contributed by atoms with E-state index in [1.807, 2.05) is 44.2 Å². The second-order valence-electron chi connectivity index (χ2n) is 4.19. The first-order chi connectivity index (χ1) is 8.13. The number of benzene rings is 1. The van der Waals surface area contributed by atoms with Gasteiger partial charge in [-0.15, -0.1) is 0 Å². The summed E-state index contributed by atoms with van der Waals surface area (Å²) in [6.07, 6.45) is 0.609. The second kappa shape index (κ2) is 7.04. The standard InChI is InChI=1S/C13H20N2O2/c1-10(2)15-12(13(16)17-9-14)8-11-6-4-3-5-7-11/h3-7,10,12,15H,8-9,14H2,1-2H3. The molecule has 4 heteroatoms. The molecule has 0 spiro atoms. The van der Waals surface area contributed by atoms with Gasteiger partial charge in [-0.2, -0.15) is 0 Å². The Kier molecular flexibility index (Phi) is 5.66. The van der Waals surface area contributed by atoms with Crippen molar-refractivity contribution in [3.63, 3.8) is 0 Å². The number of hydrogen-bond acceptors (Lipinski definition) is 4. The third-order valence-electron chi connectivity index (χ3n) is 2.33. The van der Waals surface area contributed by atoms with Crippen molar-refractivity contribution >= 4 is 5.97 Å². The molecule has 1 unspecified atom stereocenters. The molecule has 3 N–H and O–H groups in total. The SMILES string of the molecule is CC(C)NC(Cc1ccccc1)C(=O)OCN. The van der Waals surface area contributed by atoms with Crippen molar-refractivity contribution in [2.75, 3.05) is 6.73 Å². The minimum Gasteiger partial charge on any atom is -0.449 e. The zero-order chi connectivity index (χ0) is 12.7. The number of hydrogen-bond donors (Lipinski definition) is 2. The topological polar surface area (TPSA) is 64.3 Å². The van der Waals surface area contributed by atoms with E-state index >= 15 is 0 Å². The van der Waals surface area contributed by atoms with Crippen LogP contribution in [0.25, 0.3) is 0 Å². The predicted octanol–water partition coefficient (Wildman–Crippen LogP) is 1.06. The van der Waals surface area contributed by atoms with Crippen LogP contribution in [0.1, 0.15) is 19.4 Å². The van der Waals surface area contributed by atoms with Crippen LogP contribution in [-0.2, 0) is 16.0 Å². The Labute approximate surface area is 102 Å². The van der Waals surface area contributed by atoms with E-state index in [9.17, 15) is 4.79 Å². The van der Waals surface area contributed by atoms with Gasteiger partial charge in [0.05, 0.1) is 0 Å². The molecule has 0 aromatic heterocycles. The van der Waals surface area contributed by atoms with Crippen molar-refractivity contribution in [1.82, 2.24) is 5.32 Å². The van der Waals surface area contributed by atoms with Crippen LogP contribution in [0.2, 0.25) is 0 Å². The summed E-state index contributed by atoms with van der Waals surface area (Å²) in [5, 5.41) is 3.18. The lowest BCUT2D eigenvalue weighted by atomic mass is 10.1. The van der Waals surface area contributed by atoms with Gasteiger partial charge in [0.25, 0.3) is 0 Å². The third kappa shape index (κ3) is 4.97. The van der Waals surface area contributed by atoms with E-state index < -0.39 is 0 Å². The van der Waals surface area contributed by atoms with Crippen LogP contribution in [0.3, 0.4) is 0 Å². The molecule has 0 radical (unpaired) electrons. The molecule has 0 fully saturated rings. The molecule has 0 amide bonds. The molecular formula is C13H20N2O2. The lowest BCUT2D eigenvalue weighted by Crippen LogP contribution is -2.44. The van der Waals surface area contributed by atoms with Crippen LogP contribution in [0, 0.1) is 0 Å². The molecule has 1 rings (SSSR count). The molecule has 0 bridgehead atoms. The quantitative estimate of drug-likeness (QED) is 0.572. The Hall–Kier alpha value is -1.39. The monoisotopic (exact) mass is 236 g/mol. The van der Waals surface area contributed by atoms with Gasteiger partial charge >= 0.3 is 5.97 Å². The van der Waals surface area contributed by atoms with Crippen LogP contribution in [0.15, 0.2) is 30.3 Å². The van der Waals surface area contributed by atoms with Crippen molar-refractivity contribution in [1.29, 1.82) is 0 Å². The Bertz CT molecular complexity index is 339. The molecule has 1 aromatic rings. The van der Waals surface area contributed by atoms with Gasteiger partial charge in [-0.3, -0.25) is 10.5 Å². The fourth-order valence-electron chi connectivity index (χ4n) is 1.65. The molecule has 17 heavy (non-hydrogen) atoms. The number of carbonyl (C=O) groups is 1. The first-order valence-electron chi connectivity index (χ1n) is 5.80. The minimum atomic E-state index is -0.346. The van der Waals surface area contributed by atoms with Gasteiger partial charge in [0.2, 0.25) is 0 Å². The number of rotatable bonds is 6. The van der Waals surface area contributed by atoms with E-state index in [-0.39, 0.29) is 24.8 Å². The second-order valence-corrected chi connectivity index (χ2v) is 4.19. The maximum atomic E-state index is 11.7. The molecule has 1 atom stereocenters. The average Bonchev–Trinajstić information content (AvgIpc) is 2.29. The molecule has 0 heterocycles. The van der Waals surface area contributed by atoms with E-state index in [0.717, 1.165) is 5.56 Å². The molecule has 0 aliphatic heterocycles. The molecule has 0 saturated heterocycles. The van der Waals surface area contributed by atoms with Crippen LogP contribution >= 0.6 is 0 Å². The highest BCUT2D eigenvalue weighted by Crippen LogP contribution is 2.05. The number of nitrogens with two attached hydrogens (primary N) is 1. The van der Waals surface area contributed by atoms with E-state index in [1.165, 1.54) is 0 Å². The zero-order valence-corrected chi connectivity index (χ0v) is 10.3. The van der Waals surface area contributed by atoms with Gasteiger partial charge in [-0.1, -0.05) is 44.2 Å². The van der Waals surface area contributed by atoms with Crippen LogP contribution in [-0.4, -0.2) is 24.8 Å². The summed E-state index contributed by atoms with van der Waals surface area (Å²) in [6, 6.07) is 9.71. The van der Waals surface area contributed by atoms with Gasteiger partial charge in [0, 0.05) is 6.04 Å². The molecule has 0 saturated carbocycles. The molecule has 4 nitrogen and oxygen atoms in total. The van der Waals surface area contributed by atoms with Crippen LogP contribution < -0.4 is 11.1 Å². The van der Waals surface area contributed by atoms with Crippen molar-refractivity contribution in [3.05, 3.63) is 35.9 Å². The predicted molar refractivity (Wildman–Crippen MR) is 67.4 cm³/mol. The minimum absolute atomic E-state index is 0.0795. The summed E-state index contributed by atoms with van der Waals surface area (Å²) in [7, 11) is 0. The lowest BCUT2D eigenvalue weighted by Gasteiger charge is -2.19. The van der Waals surface area contributed by atoms with Crippen molar-refractivity contribution in [2.24, 2.45) is 5.73 Å². The normalized spacial score (nSPS) is 12.5. The van der Waals surface area contributed by atoms with Gasteiger partial charge in [0.1, 0.15) is 12.8 Å². The van der Waals surface area contributed by atoms with Crippen LogP contribution in [0.4, 0.5) is 0 Å². The van der Waals surface area contributed by atoms with E-state index in [4.69, 9.17) is 10.5 Å². The summed E-state index contributed by atoms with van der Waals surface area (Å²) in [5.74, 6) is -0.301. The Morgan fingerprint density at radius 3 is 2.53 bits per heavy atom. The Morgan fingerprint density at radius 1 is 1.35 bits per heavy atom.